The standard InChI is InChI=1S/C21H29N3O2/c1-15(25)6-7-17(13-22)9-8-16-10-11-18-19(12-16)23(5)20(26)24(18)14-21(2,3)4/h9-12,15,25H,6-8,14H2,1-5H3. The van der Waals surface area contributed by atoms with Crippen molar-refractivity contribution in [1.29, 1.82) is 5.26 Å². The summed E-state index contributed by atoms with van der Waals surface area (Å²) in [6.45, 7) is 8.75. The molecule has 1 atom stereocenters. The third kappa shape index (κ3) is 4.86. The summed E-state index contributed by atoms with van der Waals surface area (Å²) in [4.78, 5) is 12.6. The third-order valence-electron chi connectivity index (χ3n) is 4.40. The topological polar surface area (TPSA) is 70.9 Å². The first-order valence-corrected chi connectivity index (χ1v) is 9.08. The molecule has 140 valence electrons. The molecule has 26 heavy (non-hydrogen) atoms. The van der Waals surface area contributed by atoms with Crippen molar-refractivity contribution in [3.8, 4) is 6.07 Å². The molecule has 1 aromatic heterocycles. The highest BCUT2D eigenvalue weighted by Gasteiger charge is 2.17. The van der Waals surface area contributed by atoms with E-state index in [-0.39, 0.29) is 11.1 Å². The van der Waals surface area contributed by atoms with Crippen LogP contribution in [0.25, 0.3) is 11.0 Å². The summed E-state index contributed by atoms with van der Waals surface area (Å²) in [6.07, 6.45) is 3.31. The van der Waals surface area contributed by atoms with Crippen molar-refractivity contribution in [3.05, 3.63) is 45.9 Å². The quantitative estimate of drug-likeness (QED) is 0.806. The van der Waals surface area contributed by atoms with Gasteiger partial charge in [0.25, 0.3) is 0 Å². The SMILES string of the molecule is CC(O)CCC(C#N)=CCc1ccc2c(c1)n(C)c(=O)n2CC(C)(C)C. The Bertz CT molecular complexity index is 902. The first kappa shape index (κ1) is 20.0. The van der Waals surface area contributed by atoms with Gasteiger partial charge in [-0.2, -0.15) is 5.26 Å². The Morgan fingerprint density at radius 2 is 2.04 bits per heavy atom. The van der Waals surface area contributed by atoms with Gasteiger partial charge in [0.05, 0.1) is 23.2 Å². The van der Waals surface area contributed by atoms with Gasteiger partial charge in [-0.25, -0.2) is 4.79 Å². The van der Waals surface area contributed by atoms with Crippen molar-refractivity contribution in [3.63, 3.8) is 0 Å². The number of aliphatic hydroxyl groups excluding tert-OH is 1. The molecule has 0 saturated carbocycles. The molecule has 0 aliphatic heterocycles. The Hall–Kier alpha value is -2.32. The Morgan fingerprint density at radius 1 is 1.35 bits per heavy atom. The molecule has 2 aromatic rings. The zero-order chi connectivity index (χ0) is 19.5. The summed E-state index contributed by atoms with van der Waals surface area (Å²) >= 11 is 0. The molecular formula is C21H29N3O2. The minimum atomic E-state index is -0.403. The minimum Gasteiger partial charge on any atom is -0.393 e. The van der Waals surface area contributed by atoms with Crippen LogP contribution >= 0.6 is 0 Å². The number of rotatable bonds is 6. The number of allylic oxidation sites excluding steroid dienone is 2. The molecule has 0 spiro atoms. The van der Waals surface area contributed by atoms with Gasteiger partial charge in [-0.1, -0.05) is 32.9 Å². The van der Waals surface area contributed by atoms with Crippen LogP contribution < -0.4 is 5.69 Å². The van der Waals surface area contributed by atoms with E-state index in [0.717, 1.165) is 16.6 Å². The number of aromatic nitrogens is 2. The van der Waals surface area contributed by atoms with Crippen molar-refractivity contribution in [2.24, 2.45) is 12.5 Å². The van der Waals surface area contributed by atoms with Crippen LogP contribution in [0.4, 0.5) is 0 Å². The second kappa shape index (κ2) is 7.92. The van der Waals surface area contributed by atoms with Crippen LogP contribution in [0, 0.1) is 16.7 Å². The number of benzene rings is 1. The fourth-order valence-electron chi connectivity index (χ4n) is 3.02. The Balaban J connectivity index is 2.31. The van der Waals surface area contributed by atoms with Crippen LogP contribution in [0.1, 0.15) is 46.1 Å². The smallest absolute Gasteiger partial charge is 0.328 e. The van der Waals surface area contributed by atoms with Gasteiger partial charge in [0.1, 0.15) is 0 Å². The van der Waals surface area contributed by atoms with Crippen molar-refractivity contribution in [2.45, 2.75) is 59.6 Å². The van der Waals surface area contributed by atoms with E-state index in [9.17, 15) is 15.2 Å². The largest absolute Gasteiger partial charge is 0.393 e. The van der Waals surface area contributed by atoms with Crippen molar-refractivity contribution < 1.29 is 5.11 Å². The summed E-state index contributed by atoms with van der Waals surface area (Å²) in [5, 5.41) is 18.6. The summed E-state index contributed by atoms with van der Waals surface area (Å²) in [6, 6.07) is 8.24. The molecule has 5 heteroatoms. The Labute approximate surface area is 155 Å². The monoisotopic (exact) mass is 355 g/mol. The molecule has 0 fully saturated rings. The first-order chi connectivity index (χ1) is 12.1. The van der Waals surface area contributed by atoms with Gasteiger partial charge in [-0.15, -0.1) is 0 Å². The van der Waals surface area contributed by atoms with Crippen LogP contribution in [0.15, 0.2) is 34.6 Å². The van der Waals surface area contributed by atoms with Gasteiger partial charge in [0.2, 0.25) is 0 Å². The van der Waals surface area contributed by atoms with E-state index < -0.39 is 6.10 Å². The van der Waals surface area contributed by atoms with Gasteiger partial charge in [0, 0.05) is 19.2 Å². The molecular weight excluding hydrogens is 326 g/mol. The molecule has 1 heterocycles. The van der Waals surface area contributed by atoms with Gasteiger partial charge >= 0.3 is 5.69 Å². The molecule has 1 N–H and O–H groups in total. The maximum absolute atomic E-state index is 12.6. The van der Waals surface area contributed by atoms with Crippen molar-refractivity contribution >= 4 is 11.0 Å². The minimum absolute atomic E-state index is 0.00253. The molecule has 0 aliphatic rings. The molecule has 2 rings (SSSR count). The van der Waals surface area contributed by atoms with E-state index in [4.69, 9.17) is 0 Å². The Kier molecular flexibility index (Phi) is 6.09. The zero-order valence-corrected chi connectivity index (χ0v) is 16.4. The Morgan fingerprint density at radius 3 is 2.62 bits per heavy atom. The maximum Gasteiger partial charge on any atom is 0.328 e. The molecule has 1 aromatic carbocycles. The number of aliphatic hydroxyl groups is 1. The van der Waals surface area contributed by atoms with Crippen LogP contribution in [0.2, 0.25) is 0 Å². The van der Waals surface area contributed by atoms with Crippen molar-refractivity contribution in [1.82, 2.24) is 9.13 Å². The lowest BCUT2D eigenvalue weighted by molar-refractivity contribution is 0.185. The summed E-state index contributed by atoms with van der Waals surface area (Å²) < 4.78 is 3.52. The first-order valence-electron chi connectivity index (χ1n) is 9.08. The number of nitriles is 1. The number of nitrogens with zero attached hydrogens (tertiary/aromatic N) is 3. The zero-order valence-electron chi connectivity index (χ0n) is 16.4. The van der Waals surface area contributed by atoms with Gasteiger partial charge in [-0.3, -0.25) is 9.13 Å². The lowest BCUT2D eigenvalue weighted by Crippen LogP contribution is -2.27. The van der Waals surface area contributed by atoms with E-state index in [0.29, 0.717) is 31.4 Å². The molecule has 0 radical (unpaired) electrons. The fourth-order valence-corrected chi connectivity index (χ4v) is 3.02. The average molecular weight is 355 g/mol. The van der Waals surface area contributed by atoms with Crippen molar-refractivity contribution in [2.75, 3.05) is 0 Å². The molecule has 1 unspecified atom stereocenters. The molecule has 5 nitrogen and oxygen atoms in total. The van der Waals surface area contributed by atoms with E-state index in [1.54, 1.807) is 18.5 Å². The molecule has 0 aliphatic carbocycles. The number of fused-ring (bicyclic) bond motifs is 1. The highest BCUT2D eigenvalue weighted by Crippen LogP contribution is 2.21. The lowest BCUT2D eigenvalue weighted by atomic mass is 9.97. The normalized spacial score (nSPS) is 13.8. The molecule has 0 bridgehead atoms. The predicted octanol–water partition coefficient (Wildman–Crippen LogP) is 3.54. The highest BCUT2D eigenvalue weighted by molar-refractivity contribution is 5.77. The predicted molar refractivity (Wildman–Crippen MR) is 105 cm³/mol. The summed E-state index contributed by atoms with van der Waals surface area (Å²) in [5.41, 5.74) is 3.61. The number of hydrogen-bond donors (Lipinski definition) is 1. The number of aryl methyl sites for hydroxylation is 1. The second-order valence-electron chi connectivity index (χ2n) is 8.24. The number of imidazole rings is 1. The van der Waals surface area contributed by atoms with E-state index in [1.807, 2.05) is 28.8 Å². The summed E-state index contributed by atoms with van der Waals surface area (Å²) in [5.74, 6) is 0. The van der Waals surface area contributed by atoms with E-state index in [1.165, 1.54) is 0 Å². The third-order valence-corrected chi connectivity index (χ3v) is 4.40. The average Bonchev–Trinajstić information content (AvgIpc) is 2.78. The van der Waals surface area contributed by atoms with Gasteiger partial charge < -0.3 is 5.11 Å². The number of hydrogen-bond acceptors (Lipinski definition) is 3. The van der Waals surface area contributed by atoms with Crippen LogP contribution in [-0.2, 0) is 20.0 Å². The van der Waals surface area contributed by atoms with Crippen LogP contribution in [0.5, 0.6) is 0 Å². The van der Waals surface area contributed by atoms with E-state index in [2.05, 4.69) is 26.8 Å². The van der Waals surface area contributed by atoms with Gasteiger partial charge in [0.15, 0.2) is 0 Å². The second-order valence-corrected chi connectivity index (χ2v) is 8.24. The lowest BCUT2D eigenvalue weighted by Gasteiger charge is -2.18. The molecule has 0 saturated heterocycles. The highest BCUT2D eigenvalue weighted by atomic mass is 16.3. The van der Waals surface area contributed by atoms with Gasteiger partial charge in [-0.05, 0) is 49.3 Å². The molecule has 0 amide bonds. The fraction of sp³-hybridized carbons (Fsp3) is 0.524. The maximum atomic E-state index is 12.6. The van der Waals surface area contributed by atoms with Crippen LogP contribution in [0.3, 0.4) is 0 Å². The summed E-state index contributed by atoms with van der Waals surface area (Å²) in [7, 11) is 1.80. The van der Waals surface area contributed by atoms with Crippen LogP contribution in [-0.4, -0.2) is 20.3 Å². The van der Waals surface area contributed by atoms with E-state index >= 15 is 0 Å².